The van der Waals surface area contributed by atoms with E-state index in [0.29, 0.717) is 28.6 Å². The van der Waals surface area contributed by atoms with Crippen molar-refractivity contribution in [3.63, 3.8) is 0 Å². The molecular weight excluding hydrogens is 359 g/mol. The number of rotatable bonds is 7. The molecule has 0 radical (unpaired) electrons. The molecule has 0 fully saturated rings. The molecule has 2 heterocycles. The van der Waals surface area contributed by atoms with E-state index in [0.717, 1.165) is 12.8 Å². The van der Waals surface area contributed by atoms with Crippen LogP contribution in [-0.2, 0) is 0 Å². The number of carbonyl (C=O) groups is 1. The highest BCUT2D eigenvalue weighted by molar-refractivity contribution is 5.88. The van der Waals surface area contributed by atoms with Crippen LogP contribution in [0.25, 0.3) is 11.3 Å². The van der Waals surface area contributed by atoms with Gasteiger partial charge in [0, 0.05) is 35.6 Å². The van der Waals surface area contributed by atoms with Gasteiger partial charge in [-0.15, -0.1) is 0 Å². The van der Waals surface area contributed by atoms with Gasteiger partial charge < -0.3 is 10.4 Å². The number of carboxylic acids is 1. The van der Waals surface area contributed by atoms with E-state index in [2.05, 4.69) is 27.2 Å². The van der Waals surface area contributed by atoms with Crippen molar-refractivity contribution in [2.45, 2.75) is 32.6 Å². The Labute approximate surface area is 162 Å². The van der Waals surface area contributed by atoms with Gasteiger partial charge >= 0.3 is 5.97 Å². The average Bonchev–Trinajstić information content (AvgIpc) is 2.68. The van der Waals surface area contributed by atoms with Crippen LogP contribution < -0.4 is 5.32 Å². The molecule has 1 atom stereocenters. The normalized spacial score (nSPS) is 11.8. The number of nitrogens with one attached hydrogen (secondary N) is 1. The summed E-state index contributed by atoms with van der Waals surface area (Å²) in [7, 11) is 0. The van der Waals surface area contributed by atoms with Gasteiger partial charge in [-0.25, -0.2) is 19.2 Å². The van der Waals surface area contributed by atoms with E-state index in [1.54, 1.807) is 24.4 Å². The van der Waals surface area contributed by atoms with Crippen molar-refractivity contribution in [2.75, 3.05) is 5.32 Å². The van der Waals surface area contributed by atoms with Crippen molar-refractivity contribution in [1.82, 2.24) is 15.0 Å². The zero-order chi connectivity index (χ0) is 20.1. The molecular formula is C21H21FN4O2. The van der Waals surface area contributed by atoms with Gasteiger partial charge in [-0.1, -0.05) is 26.3 Å². The smallest absolute Gasteiger partial charge is 0.337 e. The lowest BCUT2D eigenvalue weighted by atomic mass is 10.0. The molecule has 3 aromatic rings. The number of hydrogen-bond acceptors (Lipinski definition) is 5. The van der Waals surface area contributed by atoms with Crippen LogP contribution in [0.1, 0.15) is 48.8 Å². The summed E-state index contributed by atoms with van der Waals surface area (Å²) in [4.78, 5) is 24.5. The minimum atomic E-state index is -1.05. The first kappa shape index (κ1) is 19.4. The molecule has 0 aliphatic heterocycles. The van der Waals surface area contributed by atoms with Gasteiger partial charge in [0.25, 0.3) is 0 Å². The monoisotopic (exact) mass is 380 g/mol. The van der Waals surface area contributed by atoms with Crippen LogP contribution in [0.3, 0.4) is 0 Å². The Kier molecular flexibility index (Phi) is 5.93. The van der Waals surface area contributed by atoms with Crippen LogP contribution in [0, 0.1) is 5.82 Å². The molecule has 0 spiro atoms. The number of benzene rings is 1. The predicted molar refractivity (Wildman–Crippen MR) is 105 cm³/mol. The minimum absolute atomic E-state index is 0.0823. The maximum Gasteiger partial charge on any atom is 0.337 e. The maximum absolute atomic E-state index is 13.5. The lowest BCUT2D eigenvalue weighted by Gasteiger charge is -2.14. The van der Waals surface area contributed by atoms with Crippen LogP contribution in [0.15, 0.2) is 48.8 Å². The Bertz CT molecular complexity index is 994. The third-order valence-electron chi connectivity index (χ3n) is 4.28. The van der Waals surface area contributed by atoms with Crippen LogP contribution in [-0.4, -0.2) is 26.0 Å². The standard InChI is InChI=1S/C21H21FN4O2/c1-3-5-13(2)20-25-18(14-8-15(21(27)28)12-23-11-14)10-19(26-20)24-17-7-4-6-16(22)9-17/h4,6-13H,3,5H2,1-2H3,(H,27,28)(H,24,25,26). The van der Waals surface area contributed by atoms with Crippen molar-refractivity contribution < 1.29 is 14.3 Å². The van der Waals surface area contributed by atoms with Crippen molar-refractivity contribution in [3.05, 3.63) is 66.0 Å². The summed E-state index contributed by atoms with van der Waals surface area (Å²) in [6.45, 7) is 4.13. The van der Waals surface area contributed by atoms with Crippen molar-refractivity contribution in [1.29, 1.82) is 0 Å². The molecule has 28 heavy (non-hydrogen) atoms. The Morgan fingerprint density at radius 3 is 2.75 bits per heavy atom. The summed E-state index contributed by atoms with van der Waals surface area (Å²) < 4.78 is 13.5. The fourth-order valence-corrected chi connectivity index (χ4v) is 2.87. The highest BCUT2D eigenvalue weighted by Crippen LogP contribution is 2.26. The molecule has 0 aliphatic rings. The van der Waals surface area contributed by atoms with E-state index in [4.69, 9.17) is 0 Å². The fourth-order valence-electron chi connectivity index (χ4n) is 2.87. The SMILES string of the molecule is CCCC(C)c1nc(Nc2cccc(F)c2)cc(-c2cncc(C(=O)O)c2)n1. The molecule has 1 aromatic carbocycles. The zero-order valence-electron chi connectivity index (χ0n) is 15.7. The number of hydrogen-bond donors (Lipinski definition) is 2. The minimum Gasteiger partial charge on any atom is -0.478 e. The third kappa shape index (κ3) is 4.68. The maximum atomic E-state index is 13.5. The molecule has 3 rings (SSSR count). The Balaban J connectivity index is 2.04. The average molecular weight is 380 g/mol. The first-order chi connectivity index (χ1) is 13.5. The van der Waals surface area contributed by atoms with Crippen LogP contribution in [0.4, 0.5) is 15.9 Å². The Morgan fingerprint density at radius 2 is 2.04 bits per heavy atom. The molecule has 0 saturated carbocycles. The second-order valence-corrected chi connectivity index (χ2v) is 6.59. The van der Waals surface area contributed by atoms with E-state index in [1.165, 1.54) is 24.4 Å². The predicted octanol–water partition coefficient (Wildman–Crippen LogP) is 5.02. The van der Waals surface area contributed by atoms with E-state index < -0.39 is 5.97 Å². The van der Waals surface area contributed by atoms with Crippen LogP contribution in [0.5, 0.6) is 0 Å². The van der Waals surface area contributed by atoms with E-state index in [9.17, 15) is 14.3 Å². The fraction of sp³-hybridized carbons (Fsp3) is 0.238. The molecule has 2 aromatic heterocycles. The van der Waals surface area contributed by atoms with E-state index in [-0.39, 0.29) is 17.3 Å². The molecule has 6 nitrogen and oxygen atoms in total. The number of anilines is 2. The number of nitrogens with zero attached hydrogens (tertiary/aromatic N) is 3. The molecule has 2 N–H and O–H groups in total. The number of aromatic nitrogens is 3. The van der Waals surface area contributed by atoms with Crippen LogP contribution in [0.2, 0.25) is 0 Å². The van der Waals surface area contributed by atoms with Crippen LogP contribution >= 0.6 is 0 Å². The molecule has 7 heteroatoms. The second-order valence-electron chi connectivity index (χ2n) is 6.59. The number of carboxylic acid groups (broad SMARTS) is 1. The highest BCUT2D eigenvalue weighted by atomic mass is 19.1. The number of halogens is 1. The summed E-state index contributed by atoms with van der Waals surface area (Å²) in [5.41, 5.74) is 1.78. The summed E-state index contributed by atoms with van der Waals surface area (Å²) in [6.07, 6.45) is 4.75. The largest absolute Gasteiger partial charge is 0.478 e. The molecule has 0 aliphatic carbocycles. The zero-order valence-corrected chi connectivity index (χ0v) is 15.7. The Morgan fingerprint density at radius 1 is 1.21 bits per heavy atom. The van der Waals surface area contributed by atoms with Gasteiger partial charge in [0.2, 0.25) is 0 Å². The summed E-state index contributed by atoms with van der Waals surface area (Å²) in [6, 6.07) is 9.33. The Hall–Kier alpha value is -3.35. The van der Waals surface area contributed by atoms with Gasteiger partial charge in [-0.3, -0.25) is 4.98 Å². The van der Waals surface area contributed by atoms with Gasteiger partial charge in [-0.05, 0) is 30.7 Å². The molecule has 0 saturated heterocycles. The van der Waals surface area contributed by atoms with Gasteiger partial charge in [-0.2, -0.15) is 0 Å². The lowest BCUT2D eigenvalue weighted by Crippen LogP contribution is -2.06. The quantitative estimate of drug-likeness (QED) is 0.598. The molecule has 1 unspecified atom stereocenters. The van der Waals surface area contributed by atoms with Gasteiger partial charge in [0.15, 0.2) is 0 Å². The van der Waals surface area contributed by atoms with Gasteiger partial charge in [0.05, 0.1) is 11.3 Å². The second kappa shape index (κ2) is 8.56. The molecule has 0 bridgehead atoms. The number of aromatic carboxylic acids is 1. The summed E-state index contributed by atoms with van der Waals surface area (Å²) in [5.74, 6) is -0.139. The topological polar surface area (TPSA) is 88.0 Å². The van der Waals surface area contributed by atoms with Crippen molar-refractivity contribution >= 4 is 17.5 Å². The van der Waals surface area contributed by atoms with Gasteiger partial charge in [0.1, 0.15) is 17.5 Å². The first-order valence-electron chi connectivity index (χ1n) is 9.06. The first-order valence-corrected chi connectivity index (χ1v) is 9.06. The lowest BCUT2D eigenvalue weighted by molar-refractivity contribution is 0.0696. The summed E-state index contributed by atoms with van der Waals surface area (Å²) in [5, 5.41) is 12.3. The summed E-state index contributed by atoms with van der Waals surface area (Å²) >= 11 is 0. The van der Waals surface area contributed by atoms with E-state index >= 15 is 0 Å². The number of pyridine rings is 1. The molecule has 0 amide bonds. The molecule has 144 valence electrons. The van der Waals surface area contributed by atoms with Crippen molar-refractivity contribution in [3.8, 4) is 11.3 Å². The third-order valence-corrected chi connectivity index (χ3v) is 4.28. The van der Waals surface area contributed by atoms with E-state index in [1.807, 2.05) is 6.92 Å². The highest BCUT2D eigenvalue weighted by Gasteiger charge is 2.14. The van der Waals surface area contributed by atoms with Crippen molar-refractivity contribution in [2.24, 2.45) is 0 Å².